The van der Waals surface area contributed by atoms with Crippen molar-refractivity contribution in [2.75, 3.05) is 31.2 Å². The van der Waals surface area contributed by atoms with Crippen molar-refractivity contribution in [1.29, 1.82) is 0 Å². The average Bonchev–Trinajstić information content (AvgIpc) is 2.46. The molecular weight excluding hydrogens is 292 g/mol. The normalized spacial score (nSPS) is 11.1. The number of carbonyl (C=O) groups excluding carboxylic acids is 1. The van der Waals surface area contributed by atoms with Crippen molar-refractivity contribution in [3.05, 3.63) is 18.2 Å². The summed E-state index contributed by atoms with van der Waals surface area (Å²) in [5.41, 5.74) is 6.40. The molecule has 0 aliphatic heterocycles. The maximum absolute atomic E-state index is 11.9. The fraction of sp³-hybridized carbons (Fsp3) is 0.462. The molecular formula is C13H22N4O3S. The van der Waals surface area contributed by atoms with Crippen LogP contribution in [0, 0.1) is 0 Å². The van der Waals surface area contributed by atoms with Crippen molar-refractivity contribution in [2.24, 2.45) is 0 Å². The van der Waals surface area contributed by atoms with E-state index in [-0.39, 0.29) is 17.2 Å². The van der Waals surface area contributed by atoms with E-state index in [1.165, 1.54) is 13.1 Å². The topological polar surface area (TPSA) is 113 Å². The lowest BCUT2D eigenvalue weighted by Gasteiger charge is -2.13. The van der Waals surface area contributed by atoms with E-state index < -0.39 is 10.0 Å². The summed E-state index contributed by atoms with van der Waals surface area (Å²) in [7, 11) is -2.28. The van der Waals surface area contributed by atoms with Crippen LogP contribution >= 0.6 is 0 Å². The van der Waals surface area contributed by atoms with E-state index in [1.54, 1.807) is 12.1 Å². The largest absolute Gasteiger partial charge is 0.399 e. The molecule has 1 amide bonds. The average molecular weight is 314 g/mol. The minimum Gasteiger partial charge on any atom is -0.399 e. The fourth-order valence-corrected chi connectivity index (χ4v) is 2.62. The molecule has 7 nitrogen and oxygen atoms in total. The summed E-state index contributed by atoms with van der Waals surface area (Å²) in [5.74, 6) is -0.0715. The van der Waals surface area contributed by atoms with Gasteiger partial charge in [0.2, 0.25) is 15.9 Å². The molecule has 0 aliphatic rings. The molecule has 21 heavy (non-hydrogen) atoms. The van der Waals surface area contributed by atoms with Gasteiger partial charge in [-0.05, 0) is 31.7 Å². The highest BCUT2D eigenvalue weighted by atomic mass is 32.2. The minimum absolute atomic E-state index is 0.0685. The molecule has 0 heterocycles. The van der Waals surface area contributed by atoms with Gasteiger partial charge in [0.25, 0.3) is 0 Å². The molecule has 0 saturated carbocycles. The molecule has 1 aromatic carbocycles. The Kier molecular flexibility index (Phi) is 6.44. The second-order valence-corrected chi connectivity index (χ2v) is 6.34. The zero-order valence-electron chi connectivity index (χ0n) is 12.3. The minimum atomic E-state index is -3.61. The van der Waals surface area contributed by atoms with Crippen molar-refractivity contribution < 1.29 is 13.2 Å². The van der Waals surface area contributed by atoms with Crippen LogP contribution in [0.3, 0.4) is 0 Å². The number of amides is 1. The molecule has 0 aromatic heterocycles. The molecule has 1 rings (SSSR count). The molecule has 0 saturated heterocycles. The predicted octanol–water partition coefficient (Wildman–Crippen LogP) is 0.505. The molecule has 0 aliphatic carbocycles. The van der Waals surface area contributed by atoms with Gasteiger partial charge in [0.1, 0.15) is 4.90 Å². The predicted molar refractivity (Wildman–Crippen MR) is 83.5 cm³/mol. The fourth-order valence-electron chi connectivity index (χ4n) is 1.68. The molecule has 0 fully saturated rings. The summed E-state index contributed by atoms with van der Waals surface area (Å²) in [5, 5.41) is 5.71. The summed E-state index contributed by atoms with van der Waals surface area (Å²) in [6.45, 7) is 2.95. The first-order valence-electron chi connectivity index (χ1n) is 6.74. The Balaban J connectivity index is 2.74. The smallest absolute Gasteiger partial charge is 0.242 e. The third-order valence-electron chi connectivity index (χ3n) is 2.80. The number of hydrogen-bond acceptors (Lipinski definition) is 5. The molecule has 5 N–H and O–H groups in total. The molecule has 0 atom stereocenters. The highest BCUT2D eigenvalue weighted by molar-refractivity contribution is 7.89. The second kappa shape index (κ2) is 7.84. The Labute approximate surface area is 125 Å². The Morgan fingerprint density at radius 2 is 2.00 bits per heavy atom. The summed E-state index contributed by atoms with van der Waals surface area (Å²) < 4.78 is 26.1. The summed E-state index contributed by atoms with van der Waals surface area (Å²) in [4.78, 5) is 11.6. The monoisotopic (exact) mass is 314 g/mol. The van der Waals surface area contributed by atoms with E-state index in [4.69, 9.17) is 5.73 Å². The van der Waals surface area contributed by atoms with Crippen LogP contribution in [0.15, 0.2) is 23.1 Å². The van der Waals surface area contributed by atoms with Crippen LogP contribution < -0.4 is 21.1 Å². The van der Waals surface area contributed by atoms with Gasteiger partial charge in [0, 0.05) is 25.2 Å². The number of carbonyl (C=O) groups is 1. The van der Waals surface area contributed by atoms with Gasteiger partial charge in [-0.1, -0.05) is 6.92 Å². The van der Waals surface area contributed by atoms with E-state index in [1.807, 2.05) is 6.92 Å². The maximum Gasteiger partial charge on any atom is 0.242 e. The van der Waals surface area contributed by atoms with Gasteiger partial charge in [0.05, 0.1) is 5.69 Å². The zero-order valence-corrected chi connectivity index (χ0v) is 13.1. The first-order valence-corrected chi connectivity index (χ1v) is 8.22. The number of benzene rings is 1. The van der Waals surface area contributed by atoms with E-state index in [2.05, 4.69) is 15.4 Å². The Hall–Kier alpha value is -1.80. The van der Waals surface area contributed by atoms with Crippen molar-refractivity contribution >= 4 is 27.3 Å². The lowest BCUT2D eigenvalue weighted by Crippen LogP contribution is -2.26. The van der Waals surface area contributed by atoms with Crippen LogP contribution in [0.2, 0.25) is 0 Å². The lowest BCUT2D eigenvalue weighted by atomic mass is 10.2. The van der Waals surface area contributed by atoms with Crippen molar-refractivity contribution in [3.63, 3.8) is 0 Å². The number of nitrogens with two attached hydrogens (primary N) is 1. The molecule has 0 radical (unpaired) electrons. The van der Waals surface area contributed by atoms with Crippen LogP contribution in [0.5, 0.6) is 0 Å². The molecule has 8 heteroatoms. The van der Waals surface area contributed by atoms with E-state index in [0.717, 1.165) is 6.42 Å². The first kappa shape index (κ1) is 17.3. The molecule has 118 valence electrons. The number of sulfonamides is 1. The van der Waals surface area contributed by atoms with Gasteiger partial charge in [0.15, 0.2) is 0 Å². The van der Waals surface area contributed by atoms with E-state index >= 15 is 0 Å². The van der Waals surface area contributed by atoms with E-state index in [9.17, 15) is 13.2 Å². The standard InChI is InChI=1S/C13H22N4O3S/c1-3-7-17-13(18)6-8-16-11-5-4-10(14)9-12(11)21(19,20)15-2/h4-5,9,15-16H,3,6-8,14H2,1-2H3,(H,17,18). The SMILES string of the molecule is CCCNC(=O)CCNc1ccc(N)cc1S(=O)(=O)NC. The molecule has 1 aromatic rings. The number of anilines is 2. The van der Waals surface area contributed by atoms with Crippen molar-refractivity contribution in [1.82, 2.24) is 10.0 Å². The van der Waals surface area contributed by atoms with Gasteiger partial charge in [-0.3, -0.25) is 4.79 Å². The quantitative estimate of drug-likeness (QED) is 0.522. The molecule has 0 bridgehead atoms. The lowest BCUT2D eigenvalue weighted by molar-refractivity contribution is -0.120. The third-order valence-corrected chi connectivity index (χ3v) is 4.26. The van der Waals surface area contributed by atoms with Gasteiger partial charge >= 0.3 is 0 Å². The summed E-state index contributed by atoms with van der Waals surface area (Å²) >= 11 is 0. The third kappa shape index (κ3) is 5.24. The maximum atomic E-state index is 11.9. The highest BCUT2D eigenvalue weighted by Crippen LogP contribution is 2.23. The Morgan fingerprint density at radius 1 is 1.29 bits per heavy atom. The first-order chi connectivity index (χ1) is 9.90. The Bertz CT molecular complexity index is 587. The van der Waals surface area contributed by atoms with Gasteiger partial charge < -0.3 is 16.4 Å². The second-order valence-electron chi connectivity index (χ2n) is 4.49. The summed E-state index contributed by atoms with van der Waals surface area (Å²) in [6, 6.07) is 4.57. The molecule has 0 unspecified atom stereocenters. The van der Waals surface area contributed by atoms with Crippen LogP contribution in [0.25, 0.3) is 0 Å². The van der Waals surface area contributed by atoms with Crippen molar-refractivity contribution in [3.8, 4) is 0 Å². The van der Waals surface area contributed by atoms with Crippen LogP contribution in [-0.2, 0) is 14.8 Å². The number of nitrogens with one attached hydrogen (secondary N) is 3. The number of nitrogen functional groups attached to an aromatic ring is 1. The van der Waals surface area contributed by atoms with Gasteiger partial charge in [-0.2, -0.15) is 0 Å². The van der Waals surface area contributed by atoms with Crippen LogP contribution in [-0.4, -0.2) is 34.5 Å². The van der Waals surface area contributed by atoms with Crippen molar-refractivity contribution in [2.45, 2.75) is 24.7 Å². The summed E-state index contributed by atoms with van der Waals surface area (Å²) in [6.07, 6.45) is 1.14. The number of hydrogen-bond donors (Lipinski definition) is 4. The van der Waals surface area contributed by atoms with Crippen LogP contribution in [0.4, 0.5) is 11.4 Å². The number of rotatable bonds is 8. The van der Waals surface area contributed by atoms with Gasteiger partial charge in [-0.15, -0.1) is 0 Å². The van der Waals surface area contributed by atoms with E-state index in [0.29, 0.717) is 24.5 Å². The Morgan fingerprint density at radius 3 is 2.62 bits per heavy atom. The van der Waals surface area contributed by atoms with Gasteiger partial charge in [-0.25, -0.2) is 13.1 Å². The molecule has 0 spiro atoms. The highest BCUT2D eigenvalue weighted by Gasteiger charge is 2.17. The zero-order chi connectivity index (χ0) is 15.9. The van der Waals surface area contributed by atoms with Crippen LogP contribution in [0.1, 0.15) is 19.8 Å².